The number of piperidine rings is 1. The first kappa shape index (κ1) is 17.1. The van der Waals surface area contributed by atoms with E-state index in [0.717, 1.165) is 25.2 Å². The highest BCUT2D eigenvalue weighted by atomic mass is 35.5. The van der Waals surface area contributed by atoms with E-state index in [1.165, 1.54) is 6.42 Å². The van der Waals surface area contributed by atoms with Crippen molar-refractivity contribution < 1.29 is 4.79 Å². The quantitative estimate of drug-likeness (QED) is 0.845. The van der Waals surface area contributed by atoms with Crippen molar-refractivity contribution >= 4 is 40.5 Å². The molecule has 1 aliphatic heterocycles. The number of nitrogens with one attached hydrogen (secondary N) is 1. The number of aromatic nitrogens is 1. The van der Waals surface area contributed by atoms with Crippen molar-refractivity contribution in [3.63, 3.8) is 0 Å². The van der Waals surface area contributed by atoms with Gasteiger partial charge in [0.25, 0.3) is 5.91 Å². The van der Waals surface area contributed by atoms with Gasteiger partial charge in [0.2, 0.25) is 0 Å². The lowest BCUT2D eigenvalue weighted by Crippen LogP contribution is -2.34. The molecule has 0 spiro atoms. The van der Waals surface area contributed by atoms with Crippen LogP contribution >= 0.6 is 23.2 Å². The first-order chi connectivity index (χ1) is 11.5. The van der Waals surface area contributed by atoms with E-state index in [2.05, 4.69) is 22.1 Å². The Balaban J connectivity index is 1.78. The minimum absolute atomic E-state index is 0.251. The highest BCUT2D eigenvalue weighted by Crippen LogP contribution is 2.30. The molecule has 2 heterocycles. The lowest BCUT2D eigenvalue weighted by atomic mass is 10.00. The van der Waals surface area contributed by atoms with Crippen LogP contribution in [0.5, 0.6) is 0 Å². The largest absolute Gasteiger partial charge is 0.370 e. The number of anilines is 2. The third kappa shape index (κ3) is 3.82. The van der Waals surface area contributed by atoms with E-state index in [1.807, 2.05) is 6.07 Å². The average Bonchev–Trinajstić information content (AvgIpc) is 2.59. The summed E-state index contributed by atoms with van der Waals surface area (Å²) in [6.07, 6.45) is 5.78. The van der Waals surface area contributed by atoms with Gasteiger partial charge in [-0.2, -0.15) is 0 Å². The molecule has 6 heteroatoms. The minimum atomic E-state index is -0.251. The Labute approximate surface area is 151 Å². The number of benzene rings is 1. The van der Waals surface area contributed by atoms with Gasteiger partial charge in [-0.25, -0.2) is 0 Å². The van der Waals surface area contributed by atoms with E-state index in [9.17, 15) is 4.79 Å². The Morgan fingerprint density at radius 2 is 2.17 bits per heavy atom. The first-order valence-corrected chi connectivity index (χ1v) is 8.75. The summed E-state index contributed by atoms with van der Waals surface area (Å²) in [7, 11) is 0. The van der Waals surface area contributed by atoms with Crippen LogP contribution in [0.25, 0.3) is 0 Å². The molecule has 1 aliphatic rings. The molecule has 4 nitrogen and oxygen atoms in total. The Bertz CT molecular complexity index is 751. The molecule has 1 aromatic carbocycles. The van der Waals surface area contributed by atoms with Gasteiger partial charge in [-0.05, 0) is 37.0 Å². The summed E-state index contributed by atoms with van der Waals surface area (Å²) in [4.78, 5) is 19.0. The molecule has 1 amide bonds. The number of carbonyl (C=O) groups excluding carboxylic acids is 1. The highest BCUT2D eigenvalue weighted by molar-refractivity contribution is 6.44. The van der Waals surface area contributed by atoms with Gasteiger partial charge in [-0.1, -0.05) is 36.2 Å². The third-order valence-electron chi connectivity index (χ3n) is 4.21. The van der Waals surface area contributed by atoms with Crippen LogP contribution in [0.3, 0.4) is 0 Å². The second-order valence-electron chi connectivity index (χ2n) is 6.18. The van der Waals surface area contributed by atoms with Gasteiger partial charge < -0.3 is 10.2 Å². The first-order valence-electron chi connectivity index (χ1n) is 8.00. The second kappa shape index (κ2) is 7.41. The van der Waals surface area contributed by atoms with Crippen molar-refractivity contribution in [2.24, 2.45) is 5.92 Å². The molecule has 1 aromatic heterocycles. The van der Waals surface area contributed by atoms with Gasteiger partial charge in [0.1, 0.15) is 0 Å². The van der Waals surface area contributed by atoms with Crippen molar-refractivity contribution in [1.29, 1.82) is 0 Å². The maximum absolute atomic E-state index is 12.5. The summed E-state index contributed by atoms with van der Waals surface area (Å²) in [5.74, 6) is 0.403. The van der Waals surface area contributed by atoms with Gasteiger partial charge >= 0.3 is 0 Å². The van der Waals surface area contributed by atoms with Crippen LogP contribution in [-0.4, -0.2) is 24.0 Å². The van der Waals surface area contributed by atoms with E-state index < -0.39 is 0 Å². The molecule has 1 atom stereocenters. The lowest BCUT2D eigenvalue weighted by molar-refractivity contribution is 0.102. The molecular weight excluding hydrogens is 345 g/mol. The molecule has 0 radical (unpaired) electrons. The molecule has 24 heavy (non-hydrogen) atoms. The molecule has 3 rings (SSSR count). The zero-order valence-corrected chi connectivity index (χ0v) is 14.9. The number of carbonyl (C=O) groups is 1. The zero-order valence-electron chi connectivity index (χ0n) is 13.4. The van der Waals surface area contributed by atoms with Crippen molar-refractivity contribution in [1.82, 2.24) is 4.98 Å². The van der Waals surface area contributed by atoms with E-state index in [0.29, 0.717) is 27.2 Å². The summed E-state index contributed by atoms with van der Waals surface area (Å²) in [5.41, 5.74) is 1.97. The normalized spacial score (nSPS) is 17.6. The van der Waals surface area contributed by atoms with Gasteiger partial charge in [0.15, 0.2) is 0 Å². The van der Waals surface area contributed by atoms with Gasteiger partial charge in [-0.15, -0.1) is 0 Å². The molecule has 126 valence electrons. The summed E-state index contributed by atoms with van der Waals surface area (Å²) >= 11 is 12.1. The van der Waals surface area contributed by atoms with Crippen LogP contribution in [-0.2, 0) is 0 Å². The SMILES string of the molecule is CC1CCCN(c2cncc(C(=O)Nc3cccc(Cl)c3Cl)c2)C1. The van der Waals surface area contributed by atoms with E-state index >= 15 is 0 Å². The molecule has 0 bridgehead atoms. The Hall–Kier alpha value is -1.78. The lowest BCUT2D eigenvalue weighted by Gasteiger charge is -2.32. The summed E-state index contributed by atoms with van der Waals surface area (Å²) in [6, 6.07) is 7.02. The Kier molecular flexibility index (Phi) is 5.27. The van der Waals surface area contributed by atoms with Crippen molar-refractivity contribution in [3.05, 3.63) is 52.3 Å². The summed E-state index contributed by atoms with van der Waals surface area (Å²) < 4.78 is 0. The smallest absolute Gasteiger partial charge is 0.257 e. The fourth-order valence-corrected chi connectivity index (χ4v) is 3.29. The Morgan fingerprint density at radius 3 is 2.96 bits per heavy atom. The predicted octanol–water partition coefficient (Wildman–Crippen LogP) is 4.88. The summed E-state index contributed by atoms with van der Waals surface area (Å²) in [6.45, 7) is 4.24. The topological polar surface area (TPSA) is 45.2 Å². The number of nitrogens with zero attached hydrogens (tertiary/aromatic N) is 2. The molecule has 0 aliphatic carbocycles. The third-order valence-corrected chi connectivity index (χ3v) is 5.03. The zero-order chi connectivity index (χ0) is 17.1. The fourth-order valence-electron chi connectivity index (χ4n) is 2.94. The Morgan fingerprint density at radius 1 is 1.33 bits per heavy atom. The van der Waals surface area contributed by atoms with Crippen LogP contribution in [0, 0.1) is 5.92 Å². The van der Waals surface area contributed by atoms with E-state index in [1.54, 1.807) is 30.6 Å². The number of pyridine rings is 1. The fraction of sp³-hybridized carbons (Fsp3) is 0.333. The highest BCUT2D eigenvalue weighted by Gasteiger charge is 2.18. The van der Waals surface area contributed by atoms with Crippen molar-refractivity contribution in [2.75, 3.05) is 23.3 Å². The second-order valence-corrected chi connectivity index (χ2v) is 6.97. The number of halogens is 2. The van der Waals surface area contributed by atoms with Gasteiger partial charge in [-0.3, -0.25) is 9.78 Å². The van der Waals surface area contributed by atoms with E-state index in [-0.39, 0.29) is 5.91 Å². The molecule has 1 fully saturated rings. The van der Waals surface area contributed by atoms with Crippen LogP contribution < -0.4 is 10.2 Å². The maximum atomic E-state index is 12.5. The van der Waals surface area contributed by atoms with E-state index in [4.69, 9.17) is 23.2 Å². The average molecular weight is 364 g/mol. The standard InChI is InChI=1S/C18H19Cl2N3O/c1-12-4-3-7-23(11-12)14-8-13(9-21-10-14)18(24)22-16-6-2-5-15(19)17(16)20/h2,5-6,8-10,12H,3-4,7,11H2,1H3,(H,22,24). The van der Waals surface area contributed by atoms with Crippen LogP contribution in [0.15, 0.2) is 36.7 Å². The number of hydrogen-bond acceptors (Lipinski definition) is 3. The molecule has 0 saturated carbocycles. The van der Waals surface area contributed by atoms with Gasteiger partial charge in [0, 0.05) is 19.3 Å². The monoisotopic (exact) mass is 363 g/mol. The van der Waals surface area contributed by atoms with Crippen LogP contribution in [0.2, 0.25) is 10.0 Å². The molecular formula is C18H19Cl2N3O. The molecule has 1 saturated heterocycles. The number of amides is 1. The molecule has 1 unspecified atom stereocenters. The number of rotatable bonds is 3. The van der Waals surface area contributed by atoms with Crippen molar-refractivity contribution in [2.45, 2.75) is 19.8 Å². The maximum Gasteiger partial charge on any atom is 0.257 e. The van der Waals surface area contributed by atoms with Crippen LogP contribution in [0.4, 0.5) is 11.4 Å². The minimum Gasteiger partial charge on any atom is -0.370 e. The van der Waals surface area contributed by atoms with Crippen LogP contribution in [0.1, 0.15) is 30.1 Å². The number of hydrogen-bond donors (Lipinski definition) is 1. The molecule has 2 aromatic rings. The predicted molar refractivity (Wildman–Crippen MR) is 99.3 cm³/mol. The van der Waals surface area contributed by atoms with Crippen molar-refractivity contribution in [3.8, 4) is 0 Å². The summed E-state index contributed by atoms with van der Waals surface area (Å²) in [5, 5.41) is 3.53. The van der Waals surface area contributed by atoms with Gasteiger partial charge in [0.05, 0.1) is 33.2 Å². The molecule has 1 N–H and O–H groups in total.